The fraction of sp³-hybridized carbons (Fsp3) is 1.00. The van der Waals surface area contributed by atoms with Crippen molar-refractivity contribution in [2.75, 3.05) is 33.0 Å². The number of fused-ring (bicyclic) bond motifs is 3. The quantitative estimate of drug-likeness (QED) is 0.218. The van der Waals surface area contributed by atoms with Crippen LogP contribution in [0.25, 0.3) is 0 Å². The predicted octanol–water partition coefficient (Wildman–Crippen LogP) is 19.2. The highest BCUT2D eigenvalue weighted by molar-refractivity contribution is 5.11. The van der Waals surface area contributed by atoms with Gasteiger partial charge in [-0.2, -0.15) is 0 Å². The van der Waals surface area contributed by atoms with E-state index in [2.05, 4.69) is 90.0 Å². The van der Waals surface area contributed by atoms with E-state index in [1.54, 1.807) is 0 Å². The van der Waals surface area contributed by atoms with Crippen LogP contribution in [0.2, 0.25) is 0 Å². The number of hydrogen-bond acceptors (Lipinski definition) is 5. The maximum Gasteiger partial charge on any atom is 0.0687 e. The van der Waals surface area contributed by atoms with Gasteiger partial charge in [-0.3, -0.25) is 0 Å². The lowest BCUT2D eigenvalue weighted by molar-refractivity contribution is -0.139. The summed E-state index contributed by atoms with van der Waals surface area (Å²) in [7, 11) is 0. The Morgan fingerprint density at radius 1 is 0.278 bits per heavy atom. The Morgan fingerprint density at radius 2 is 0.528 bits per heavy atom. The van der Waals surface area contributed by atoms with Gasteiger partial charge in [0.2, 0.25) is 0 Å². The topological polar surface area (TPSA) is 46.2 Å². The molecule has 12 aliphatic rings. The molecule has 12 aliphatic carbocycles. The van der Waals surface area contributed by atoms with Gasteiger partial charge in [0.15, 0.2) is 0 Å². The summed E-state index contributed by atoms with van der Waals surface area (Å²) in [6, 6.07) is 0. The van der Waals surface area contributed by atoms with Gasteiger partial charge in [-0.05, 0) is 236 Å². The summed E-state index contributed by atoms with van der Waals surface area (Å²) in [6.07, 6.45) is 50.0. The van der Waals surface area contributed by atoms with E-state index in [1.165, 1.54) is 212 Å². The predicted molar refractivity (Wildman–Crippen MR) is 304 cm³/mol. The summed E-state index contributed by atoms with van der Waals surface area (Å²) in [5.74, 6) is 1.79. The third-order valence-electron chi connectivity index (χ3n) is 23.5. The molecule has 4 atom stereocenters. The molecular weight excluding hydrogens is 885 g/mol. The molecule has 72 heavy (non-hydrogen) atoms. The third kappa shape index (κ3) is 12.8. The van der Waals surface area contributed by atoms with Crippen molar-refractivity contribution in [3.63, 3.8) is 0 Å². The zero-order valence-electron chi connectivity index (χ0n) is 50.5. The molecule has 0 aliphatic heterocycles. The molecule has 5 heteroatoms. The van der Waals surface area contributed by atoms with Crippen molar-refractivity contribution in [2.24, 2.45) is 60.6 Å². The van der Waals surface area contributed by atoms with Crippen molar-refractivity contribution in [1.29, 1.82) is 0 Å². The minimum absolute atomic E-state index is 0.410. The third-order valence-corrected chi connectivity index (χ3v) is 23.5. The molecule has 0 saturated heterocycles. The van der Waals surface area contributed by atoms with Gasteiger partial charge in [-0.15, -0.1) is 0 Å². The van der Waals surface area contributed by atoms with Crippen LogP contribution < -0.4 is 0 Å². The maximum absolute atomic E-state index is 6.39. The Balaban J connectivity index is 0.000000133. The highest BCUT2D eigenvalue weighted by atomic mass is 16.5. The molecule has 5 spiro atoms. The van der Waals surface area contributed by atoms with Crippen LogP contribution in [-0.2, 0) is 23.7 Å². The lowest BCUT2D eigenvalue weighted by atomic mass is 9.56. The first-order valence-electron chi connectivity index (χ1n) is 32.4. The Kier molecular flexibility index (Phi) is 20.5. The minimum atomic E-state index is 0.410. The van der Waals surface area contributed by atoms with Crippen LogP contribution >= 0.6 is 0 Å². The Bertz CT molecular complexity index is 1560. The second kappa shape index (κ2) is 24.9. The van der Waals surface area contributed by atoms with E-state index in [0.717, 1.165) is 44.9 Å². The number of rotatable bonds is 10. The molecule has 0 N–H and O–H groups in total. The first-order valence-corrected chi connectivity index (χ1v) is 32.4. The van der Waals surface area contributed by atoms with E-state index in [1.807, 2.05) is 0 Å². The van der Waals surface area contributed by atoms with Gasteiger partial charge < -0.3 is 23.7 Å². The summed E-state index contributed by atoms with van der Waals surface area (Å²) in [5.41, 5.74) is 4.63. The van der Waals surface area contributed by atoms with E-state index in [-0.39, 0.29) is 0 Å². The molecular formula is C67H122O5. The Labute approximate surface area is 447 Å². The second-order valence-corrected chi connectivity index (χ2v) is 29.8. The van der Waals surface area contributed by atoms with Crippen LogP contribution in [-0.4, -0.2) is 63.6 Å². The van der Waals surface area contributed by atoms with Crippen LogP contribution in [0.5, 0.6) is 0 Å². The van der Waals surface area contributed by atoms with Crippen LogP contribution in [0.3, 0.4) is 0 Å². The van der Waals surface area contributed by atoms with Crippen molar-refractivity contribution in [3.05, 3.63) is 0 Å². The van der Waals surface area contributed by atoms with E-state index >= 15 is 0 Å². The van der Waals surface area contributed by atoms with E-state index in [4.69, 9.17) is 23.7 Å². The molecule has 0 amide bonds. The average molecular weight is 1010 g/mol. The van der Waals surface area contributed by atoms with Gasteiger partial charge in [0.05, 0.1) is 30.5 Å². The Hall–Kier alpha value is -0.200. The Morgan fingerprint density at radius 3 is 0.819 bits per heavy atom. The SMILES string of the molecule is CCOC1C(C)(C)CCC12CC2.CCOC1C(C)(C)CCC12CCCC2.CCOC1C(C)(C)CCC12CCCCC2.CCOC1C2(CCCCC2)CCC12CCCCC2.CCOC1C2CCC(CC2)C1(C)C. The number of hydrogen-bond donors (Lipinski definition) is 0. The highest BCUT2D eigenvalue weighted by Gasteiger charge is 2.60. The maximum atomic E-state index is 6.39. The van der Waals surface area contributed by atoms with E-state index in [0.29, 0.717) is 79.3 Å². The van der Waals surface area contributed by atoms with Crippen molar-refractivity contribution in [3.8, 4) is 0 Å². The molecule has 0 radical (unpaired) electrons. The summed E-state index contributed by atoms with van der Waals surface area (Å²) in [4.78, 5) is 0. The molecule has 0 aromatic rings. The van der Waals surface area contributed by atoms with Gasteiger partial charge in [0.1, 0.15) is 0 Å². The summed E-state index contributed by atoms with van der Waals surface area (Å²) < 4.78 is 30.4. The van der Waals surface area contributed by atoms with Gasteiger partial charge >= 0.3 is 0 Å². The van der Waals surface area contributed by atoms with Crippen LogP contribution in [0.1, 0.15) is 302 Å². The van der Waals surface area contributed by atoms with Crippen molar-refractivity contribution >= 4 is 0 Å². The minimum Gasteiger partial charge on any atom is -0.378 e. The number of ether oxygens (including phenoxy) is 5. The fourth-order valence-corrected chi connectivity index (χ4v) is 19.7. The summed E-state index contributed by atoms with van der Waals surface area (Å²) >= 11 is 0. The monoisotopic (exact) mass is 1010 g/mol. The van der Waals surface area contributed by atoms with Crippen LogP contribution in [0.15, 0.2) is 0 Å². The van der Waals surface area contributed by atoms with Crippen molar-refractivity contribution in [2.45, 2.75) is 332 Å². The first-order chi connectivity index (χ1) is 34.3. The molecule has 0 aromatic heterocycles. The van der Waals surface area contributed by atoms with Crippen molar-refractivity contribution < 1.29 is 23.7 Å². The fourth-order valence-electron chi connectivity index (χ4n) is 19.7. The zero-order chi connectivity index (χ0) is 51.9. The molecule has 12 saturated carbocycles. The highest BCUT2D eigenvalue weighted by Crippen LogP contribution is 2.65. The molecule has 2 bridgehead atoms. The smallest absolute Gasteiger partial charge is 0.0687 e. The lowest BCUT2D eigenvalue weighted by Gasteiger charge is -2.53. The second-order valence-electron chi connectivity index (χ2n) is 29.8. The van der Waals surface area contributed by atoms with Crippen LogP contribution in [0, 0.1) is 60.6 Å². The lowest BCUT2D eigenvalue weighted by Crippen LogP contribution is -2.51. The average Bonchev–Trinajstić information content (AvgIpc) is 3.50. The van der Waals surface area contributed by atoms with Gasteiger partial charge in [0.25, 0.3) is 0 Å². The van der Waals surface area contributed by atoms with E-state index in [9.17, 15) is 0 Å². The normalized spacial score (nSPS) is 35.0. The summed E-state index contributed by atoms with van der Waals surface area (Å²) in [5, 5.41) is 0. The van der Waals surface area contributed by atoms with Crippen LogP contribution in [0.4, 0.5) is 0 Å². The zero-order valence-corrected chi connectivity index (χ0v) is 50.5. The van der Waals surface area contributed by atoms with Gasteiger partial charge in [0, 0.05) is 33.0 Å². The van der Waals surface area contributed by atoms with Crippen molar-refractivity contribution in [1.82, 2.24) is 0 Å². The van der Waals surface area contributed by atoms with E-state index < -0.39 is 0 Å². The molecule has 420 valence electrons. The van der Waals surface area contributed by atoms with Gasteiger partial charge in [-0.25, -0.2) is 0 Å². The molecule has 4 unspecified atom stereocenters. The molecule has 5 nitrogen and oxygen atoms in total. The standard InChI is InChI=1S/C17H30O.C14H26O.C13H24O.C12H22O.C11H20O/c1-2-18-15-16(9-5-3-6-10-16)13-14-17(15)11-7-4-8-12-17;1-4-15-12-13(2,3)10-11-14(12)8-6-5-7-9-14;1-4-14-11-12(2,3)9-10-13(11)7-5-6-8-13;1-4-13-11-9-5-7-10(8-6-9)12(11,2)3;1-4-12-9-10(2,3)5-6-11(9)7-8-11/h15H,2-14H2,1H3;12H,4-11H2,1-3H3;11H,4-10H2,1-3H3;9-11H,4-8H2,1-3H3;9H,4-8H2,1-3H3. The first kappa shape index (κ1) is 59.5. The summed E-state index contributed by atoms with van der Waals surface area (Å²) in [6.45, 7) is 34.3. The molecule has 12 rings (SSSR count). The molecule has 0 heterocycles. The van der Waals surface area contributed by atoms with Gasteiger partial charge in [-0.1, -0.05) is 126 Å². The molecule has 0 aromatic carbocycles. The molecule has 12 fully saturated rings. The largest absolute Gasteiger partial charge is 0.378 e.